The van der Waals surface area contributed by atoms with Crippen LogP contribution in [0, 0.1) is 0 Å². The van der Waals surface area contributed by atoms with Crippen LogP contribution < -0.4 is 5.32 Å². The van der Waals surface area contributed by atoms with Gasteiger partial charge in [-0.15, -0.1) is 0 Å². The Morgan fingerprint density at radius 3 is 2.60 bits per heavy atom. The van der Waals surface area contributed by atoms with Crippen molar-refractivity contribution in [3.8, 4) is 11.3 Å². The summed E-state index contributed by atoms with van der Waals surface area (Å²) in [5, 5.41) is 7.24. The van der Waals surface area contributed by atoms with E-state index < -0.39 is 9.84 Å². The fourth-order valence-electron chi connectivity index (χ4n) is 2.02. The lowest BCUT2D eigenvalue weighted by Gasteiger charge is -2.04. The maximum absolute atomic E-state index is 11.4. The number of hydrogen-bond donors (Lipinski definition) is 1. The predicted molar refractivity (Wildman–Crippen MR) is 74.9 cm³/mol. The summed E-state index contributed by atoms with van der Waals surface area (Å²) in [5.74, 6) is 0.693. The van der Waals surface area contributed by atoms with E-state index in [0.717, 1.165) is 17.7 Å². The average Bonchev–Trinajstić information content (AvgIpc) is 3.12. The summed E-state index contributed by atoms with van der Waals surface area (Å²) in [7, 11) is -3.17. The van der Waals surface area contributed by atoms with Gasteiger partial charge in [-0.05, 0) is 37.1 Å². The van der Waals surface area contributed by atoms with Gasteiger partial charge in [0.05, 0.1) is 11.1 Å². The van der Waals surface area contributed by atoms with Gasteiger partial charge in [0, 0.05) is 30.0 Å². The summed E-state index contributed by atoms with van der Waals surface area (Å²) in [6.07, 6.45) is 5.35. The van der Waals surface area contributed by atoms with Crippen molar-refractivity contribution >= 4 is 9.84 Å². The van der Waals surface area contributed by atoms with Crippen LogP contribution in [0.25, 0.3) is 11.3 Å². The molecule has 0 atom stereocenters. The van der Waals surface area contributed by atoms with E-state index in [4.69, 9.17) is 4.52 Å². The molecule has 0 unspecified atom stereocenters. The van der Waals surface area contributed by atoms with Gasteiger partial charge in [0.1, 0.15) is 0 Å². The van der Waals surface area contributed by atoms with Gasteiger partial charge in [-0.1, -0.05) is 5.16 Å². The zero-order valence-corrected chi connectivity index (χ0v) is 12.0. The molecule has 1 aromatic carbocycles. The summed E-state index contributed by atoms with van der Waals surface area (Å²) in [4.78, 5) is 0.304. The van der Waals surface area contributed by atoms with Gasteiger partial charge in [-0.2, -0.15) is 0 Å². The third kappa shape index (κ3) is 2.91. The Labute approximate surface area is 117 Å². The molecule has 0 spiro atoms. The van der Waals surface area contributed by atoms with Crippen LogP contribution in [0.1, 0.15) is 18.4 Å². The lowest BCUT2D eigenvalue weighted by molar-refractivity contribution is 0.431. The molecule has 0 saturated heterocycles. The number of rotatable bonds is 5. The minimum Gasteiger partial charge on any atom is -0.356 e. The summed E-state index contributed by atoms with van der Waals surface area (Å²) in [5.41, 5.74) is 1.83. The second-order valence-electron chi connectivity index (χ2n) is 5.13. The molecular weight excluding hydrogens is 276 g/mol. The number of sulfone groups is 1. The van der Waals surface area contributed by atoms with Gasteiger partial charge in [0.15, 0.2) is 15.6 Å². The summed E-state index contributed by atoms with van der Waals surface area (Å²) >= 11 is 0. The molecule has 1 aliphatic rings. The monoisotopic (exact) mass is 292 g/mol. The zero-order chi connectivity index (χ0) is 14.2. The highest BCUT2D eigenvalue weighted by Crippen LogP contribution is 2.26. The largest absolute Gasteiger partial charge is 0.356 e. The highest BCUT2D eigenvalue weighted by atomic mass is 32.2. The van der Waals surface area contributed by atoms with E-state index in [1.807, 2.05) is 0 Å². The molecule has 20 heavy (non-hydrogen) atoms. The SMILES string of the molecule is CS(=O)(=O)c1ccc(-c2oncc2CNC2CC2)cc1. The van der Waals surface area contributed by atoms with Gasteiger partial charge in [0.2, 0.25) is 0 Å². The third-order valence-corrected chi connectivity index (χ3v) is 4.48. The quantitative estimate of drug-likeness (QED) is 0.912. The topological polar surface area (TPSA) is 72.2 Å². The molecule has 6 heteroatoms. The molecule has 2 aromatic rings. The molecule has 0 bridgehead atoms. The predicted octanol–water partition coefficient (Wildman–Crippen LogP) is 2.00. The minimum absolute atomic E-state index is 0.304. The second-order valence-corrected chi connectivity index (χ2v) is 7.15. The van der Waals surface area contributed by atoms with Crippen molar-refractivity contribution in [2.45, 2.75) is 30.3 Å². The van der Waals surface area contributed by atoms with Crippen molar-refractivity contribution in [1.29, 1.82) is 0 Å². The van der Waals surface area contributed by atoms with Crippen molar-refractivity contribution in [2.75, 3.05) is 6.26 Å². The lowest BCUT2D eigenvalue weighted by Crippen LogP contribution is -2.15. The van der Waals surface area contributed by atoms with Crippen LogP contribution >= 0.6 is 0 Å². The first-order valence-electron chi connectivity index (χ1n) is 6.51. The first kappa shape index (κ1) is 13.3. The Bertz CT molecular complexity index is 700. The highest BCUT2D eigenvalue weighted by molar-refractivity contribution is 7.90. The van der Waals surface area contributed by atoms with E-state index in [-0.39, 0.29) is 0 Å². The number of benzene rings is 1. The van der Waals surface area contributed by atoms with Crippen molar-refractivity contribution in [3.63, 3.8) is 0 Å². The Kier molecular flexibility index (Phi) is 3.35. The molecule has 1 aliphatic carbocycles. The molecule has 0 aliphatic heterocycles. The molecule has 3 rings (SSSR count). The fourth-order valence-corrected chi connectivity index (χ4v) is 2.65. The van der Waals surface area contributed by atoms with Crippen LogP contribution in [0.15, 0.2) is 39.9 Å². The first-order valence-corrected chi connectivity index (χ1v) is 8.40. The smallest absolute Gasteiger partial charge is 0.175 e. The lowest BCUT2D eigenvalue weighted by atomic mass is 10.1. The average molecular weight is 292 g/mol. The molecule has 5 nitrogen and oxygen atoms in total. The zero-order valence-electron chi connectivity index (χ0n) is 11.2. The van der Waals surface area contributed by atoms with E-state index in [1.165, 1.54) is 19.1 Å². The minimum atomic E-state index is -3.17. The van der Waals surface area contributed by atoms with Gasteiger partial charge in [-0.3, -0.25) is 0 Å². The van der Waals surface area contributed by atoms with Crippen LogP contribution in [0.2, 0.25) is 0 Å². The molecule has 1 heterocycles. The van der Waals surface area contributed by atoms with E-state index >= 15 is 0 Å². The van der Waals surface area contributed by atoms with Gasteiger partial charge < -0.3 is 9.84 Å². The molecule has 0 amide bonds. The molecule has 1 N–H and O–H groups in total. The van der Waals surface area contributed by atoms with Crippen molar-refractivity contribution in [3.05, 3.63) is 36.0 Å². The summed E-state index contributed by atoms with van der Waals surface area (Å²) < 4.78 is 28.2. The van der Waals surface area contributed by atoms with Crippen LogP contribution in [-0.2, 0) is 16.4 Å². The van der Waals surface area contributed by atoms with Crippen molar-refractivity contribution < 1.29 is 12.9 Å². The Hall–Kier alpha value is -1.66. The van der Waals surface area contributed by atoms with Gasteiger partial charge >= 0.3 is 0 Å². The summed E-state index contributed by atoms with van der Waals surface area (Å²) in [6, 6.07) is 7.29. The van der Waals surface area contributed by atoms with Crippen LogP contribution in [0.4, 0.5) is 0 Å². The Morgan fingerprint density at radius 2 is 2.00 bits per heavy atom. The summed E-state index contributed by atoms with van der Waals surface area (Å²) in [6.45, 7) is 0.720. The van der Waals surface area contributed by atoms with E-state index in [1.54, 1.807) is 30.5 Å². The number of hydrogen-bond acceptors (Lipinski definition) is 5. The Morgan fingerprint density at radius 1 is 1.30 bits per heavy atom. The number of nitrogens with one attached hydrogen (secondary N) is 1. The normalized spacial score (nSPS) is 15.4. The van der Waals surface area contributed by atoms with Gasteiger partial charge in [0.25, 0.3) is 0 Å². The maximum Gasteiger partial charge on any atom is 0.175 e. The number of aromatic nitrogens is 1. The number of nitrogens with zero attached hydrogens (tertiary/aromatic N) is 1. The molecule has 1 fully saturated rings. The molecule has 0 radical (unpaired) electrons. The highest BCUT2D eigenvalue weighted by Gasteiger charge is 2.21. The van der Waals surface area contributed by atoms with E-state index in [0.29, 0.717) is 16.7 Å². The molecular formula is C14H16N2O3S. The van der Waals surface area contributed by atoms with Crippen molar-refractivity contribution in [1.82, 2.24) is 10.5 Å². The fraction of sp³-hybridized carbons (Fsp3) is 0.357. The maximum atomic E-state index is 11.4. The third-order valence-electron chi connectivity index (χ3n) is 3.35. The standard InChI is InChI=1S/C14H16N2O3S/c1-20(17,18)13-6-2-10(3-7-13)14-11(9-16-19-14)8-15-12-4-5-12/h2-3,6-7,9,12,15H,4-5,8H2,1H3. The van der Waals surface area contributed by atoms with E-state index in [9.17, 15) is 8.42 Å². The van der Waals surface area contributed by atoms with E-state index in [2.05, 4.69) is 10.5 Å². The van der Waals surface area contributed by atoms with Crippen LogP contribution in [0.3, 0.4) is 0 Å². The molecule has 1 aromatic heterocycles. The molecule has 1 saturated carbocycles. The first-order chi connectivity index (χ1) is 9.54. The van der Waals surface area contributed by atoms with Gasteiger partial charge in [-0.25, -0.2) is 8.42 Å². The second kappa shape index (κ2) is 5.03. The van der Waals surface area contributed by atoms with Crippen molar-refractivity contribution in [2.24, 2.45) is 0 Å². The molecule has 106 valence electrons. The van der Waals surface area contributed by atoms with Crippen LogP contribution in [-0.4, -0.2) is 25.9 Å². The van der Waals surface area contributed by atoms with Crippen LogP contribution in [0.5, 0.6) is 0 Å². The Balaban J connectivity index is 1.83.